The molecule has 0 amide bonds. The van der Waals surface area contributed by atoms with Gasteiger partial charge in [0.05, 0.1) is 6.61 Å². The molecule has 0 atom stereocenters. The van der Waals surface area contributed by atoms with E-state index in [4.69, 9.17) is 14.9 Å². The molecule has 0 aliphatic heterocycles. The Morgan fingerprint density at radius 3 is 2.50 bits per heavy atom. The van der Waals surface area contributed by atoms with Crippen molar-refractivity contribution in [3.05, 3.63) is 12.7 Å². The molecule has 0 radical (unpaired) electrons. The van der Waals surface area contributed by atoms with Gasteiger partial charge in [0.25, 0.3) is 0 Å². The van der Waals surface area contributed by atoms with E-state index >= 15 is 0 Å². The molecule has 0 unspecified atom stereocenters. The number of ether oxygens (including phenoxy) is 1. The molecule has 0 spiro atoms. The van der Waals surface area contributed by atoms with E-state index in [9.17, 15) is 4.79 Å². The molecule has 1 N–H and O–H groups in total. The molecule has 0 saturated carbocycles. The van der Waals surface area contributed by atoms with Gasteiger partial charge >= 0.3 is 5.97 Å². The number of nitrogens with one attached hydrogen (secondary N) is 1. The summed E-state index contributed by atoms with van der Waals surface area (Å²) in [7, 11) is 0. The highest BCUT2D eigenvalue weighted by atomic mass is 16.5. The van der Waals surface area contributed by atoms with Crippen molar-refractivity contribution in [2.24, 2.45) is 0 Å². The Hall–Kier alpha value is -1.41. The Labute approximate surface area is 84.5 Å². The quantitative estimate of drug-likeness (QED) is 0.234. The normalized spacial score (nSPS) is 7.79. The van der Waals surface area contributed by atoms with E-state index in [0.717, 1.165) is 18.9 Å². The van der Waals surface area contributed by atoms with Gasteiger partial charge in [0.2, 0.25) is 6.08 Å². The first-order chi connectivity index (χ1) is 6.72. The summed E-state index contributed by atoms with van der Waals surface area (Å²) in [6, 6.07) is 0. The third-order valence-electron chi connectivity index (χ3n) is 1.41. The number of hydrogen-bond donors (Lipinski definition) is 1. The lowest BCUT2D eigenvalue weighted by atomic mass is 10.2. The summed E-state index contributed by atoms with van der Waals surface area (Å²) in [4.78, 5) is 18.9. The van der Waals surface area contributed by atoms with Crippen LogP contribution in [0.1, 0.15) is 32.6 Å². The molecule has 4 nitrogen and oxygen atoms in total. The van der Waals surface area contributed by atoms with Crippen molar-refractivity contribution in [3.63, 3.8) is 0 Å². The lowest BCUT2D eigenvalue weighted by molar-refractivity contribution is -0.137. The first-order valence-corrected chi connectivity index (χ1v) is 4.56. The third-order valence-corrected chi connectivity index (χ3v) is 1.41. The fourth-order valence-electron chi connectivity index (χ4n) is 0.761. The molecule has 4 heteroatoms. The minimum absolute atomic E-state index is 0.318. The van der Waals surface area contributed by atoms with Crippen LogP contribution in [0.4, 0.5) is 0 Å². The van der Waals surface area contributed by atoms with E-state index < -0.39 is 0 Å². The van der Waals surface area contributed by atoms with Gasteiger partial charge < -0.3 is 4.74 Å². The zero-order valence-electron chi connectivity index (χ0n) is 8.54. The van der Waals surface area contributed by atoms with Crippen LogP contribution in [0, 0.1) is 5.41 Å². The van der Waals surface area contributed by atoms with Crippen LogP contribution in [0.2, 0.25) is 0 Å². The van der Waals surface area contributed by atoms with Crippen molar-refractivity contribution < 1.29 is 14.3 Å². The SMILES string of the molecule is C=CC(=O)OCCCCCC.N=C=O. The Morgan fingerprint density at radius 1 is 1.50 bits per heavy atom. The average Bonchev–Trinajstić information content (AvgIpc) is 2.18. The third kappa shape index (κ3) is 16.9. The van der Waals surface area contributed by atoms with Gasteiger partial charge in [0.1, 0.15) is 0 Å². The predicted octanol–water partition coefficient (Wildman–Crippen LogP) is 2.20. The summed E-state index contributed by atoms with van der Waals surface area (Å²) in [5.74, 6) is -0.318. The molecule has 0 aliphatic rings. The Bertz CT molecular complexity index is 184. The smallest absolute Gasteiger partial charge is 0.330 e. The monoisotopic (exact) mass is 199 g/mol. The standard InChI is InChI=1S/C9H16O2.CHNO/c1-3-5-6-7-8-11-9(10)4-2;2-1-3/h4H,2-3,5-8H2,1H3;2H. The van der Waals surface area contributed by atoms with Crippen LogP contribution in [0.15, 0.2) is 12.7 Å². The van der Waals surface area contributed by atoms with Crippen LogP contribution in [0.5, 0.6) is 0 Å². The minimum Gasteiger partial charge on any atom is -0.463 e. The largest absolute Gasteiger partial charge is 0.463 e. The number of hydrogen-bond acceptors (Lipinski definition) is 4. The number of carbonyl (C=O) groups excluding carboxylic acids is 2. The predicted molar refractivity (Wildman–Crippen MR) is 53.7 cm³/mol. The Balaban J connectivity index is 0. The minimum atomic E-state index is -0.318. The highest BCUT2D eigenvalue weighted by Gasteiger charge is 1.93. The Kier molecular flexibility index (Phi) is 15.2. The van der Waals surface area contributed by atoms with Gasteiger partial charge in [-0.25, -0.2) is 15.0 Å². The zero-order chi connectivity index (χ0) is 11.2. The first-order valence-electron chi connectivity index (χ1n) is 4.56. The van der Waals surface area contributed by atoms with Gasteiger partial charge in [-0.05, 0) is 6.42 Å². The fraction of sp³-hybridized carbons (Fsp3) is 0.600. The van der Waals surface area contributed by atoms with Crippen molar-refractivity contribution >= 4 is 12.0 Å². The summed E-state index contributed by atoms with van der Waals surface area (Å²) in [5, 5.41) is 5.40. The van der Waals surface area contributed by atoms with Crippen molar-refractivity contribution in [1.29, 1.82) is 5.41 Å². The maximum atomic E-state index is 10.5. The van der Waals surface area contributed by atoms with Crippen molar-refractivity contribution in [3.8, 4) is 0 Å². The Morgan fingerprint density at radius 2 is 2.07 bits per heavy atom. The van der Waals surface area contributed by atoms with E-state index in [-0.39, 0.29) is 5.97 Å². The van der Waals surface area contributed by atoms with Gasteiger partial charge in [0, 0.05) is 6.08 Å². The molecule has 0 aromatic rings. The second-order valence-corrected chi connectivity index (χ2v) is 2.53. The highest BCUT2D eigenvalue weighted by Crippen LogP contribution is 1.98. The maximum Gasteiger partial charge on any atom is 0.330 e. The van der Waals surface area contributed by atoms with Crippen molar-refractivity contribution in [2.75, 3.05) is 6.61 Å². The molecule has 0 aromatic heterocycles. The number of isocyanates is 1. The second-order valence-electron chi connectivity index (χ2n) is 2.53. The number of esters is 1. The van der Waals surface area contributed by atoms with Gasteiger partial charge in [-0.2, -0.15) is 0 Å². The van der Waals surface area contributed by atoms with Crippen LogP contribution in [0.25, 0.3) is 0 Å². The molecule has 0 rings (SSSR count). The molecule has 0 heterocycles. The lowest BCUT2D eigenvalue weighted by Gasteiger charge is -1.99. The highest BCUT2D eigenvalue weighted by molar-refractivity contribution is 5.81. The number of carbonyl (C=O) groups is 1. The van der Waals surface area contributed by atoms with Gasteiger partial charge in [-0.15, -0.1) is 0 Å². The topological polar surface area (TPSA) is 67.2 Å². The molecular formula is C10H17NO3. The van der Waals surface area contributed by atoms with Crippen LogP contribution >= 0.6 is 0 Å². The molecule has 0 aromatic carbocycles. The van der Waals surface area contributed by atoms with E-state index in [2.05, 4.69) is 13.5 Å². The van der Waals surface area contributed by atoms with Crippen LogP contribution < -0.4 is 0 Å². The molecule has 14 heavy (non-hydrogen) atoms. The van der Waals surface area contributed by atoms with Gasteiger partial charge in [0.15, 0.2) is 0 Å². The molecule has 0 saturated heterocycles. The zero-order valence-corrected chi connectivity index (χ0v) is 8.54. The molecule has 0 bridgehead atoms. The fourth-order valence-corrected chi connectivity index (χ4v) is 0.761. The number of rotatable bonds is 6. The molecule has 0 aliphatic carbocycles. The summed E-state index contributed by atoms with van der Waals surface area (Å²) < 4.78 is 4.78. The van der Waals surface area contributed by atoms with E-state index in [0.29, 0.717) is 6.61 Å². The van der Waals surface area contributed by atoms with Crippen molar-refractivity contribution in [2.45, 2.75) is 32.6 Å². The van der Waals surface area contributed by atoms with E-state index in [1.54, 1.807) is 0 Å². The number of unbranched alkanes of at least 4 members (excludes halogenated alkanes) is 3. The summed E-state index contributed by atoms with van der Waals surface area (Å²) in [6.45, 7) is 5.98. The molecule has 0 fully saturated rings. The maximum absolute atomic E-state index is 10.5. The van der Waals surface area contributed by atoms with E-state index in [1.165, 1.54) is 18.9 Å². The summed E-state index contributed by atoms with van der Waals surface area (Å²) >= 11 is 0. The van der Waals surface area contributed by atoms with Crippen LogP contribution in [-0.2, 0) is 14.3 Å². The lowest BCUT2D eigenvalue weighted by Crippen LogP contribution is -2.01. The van der Waals surface area contributed by atoms with Crippen LogP contribution in [-0.4, -0.2) is 18.7 Å². The average molecular weight is 199 g/mol. The second kappa shape index (κ2) is 14.1. The van der Waals surface area contributed by atoms with Crippen LogP contribution in [0.3, 0.4) is 0 Å². The van der Waals surface area contributed by atoms with Crippen molar-refractivity contribution in [1.82, 2.24) is 0 Å². The summed E-state index contributed by atoms with van der Waals surface area (Å²) in [5.41, 5.74) is 0. The molecule has 80 valence electrons. The van der Waals surface area contributed by atoms with E-state index in [1.807, 2.05) is 0 Å². The van der Waals surface area contributed by atoms with Gasteiger partial charge in [-0.3, -0.25) is 0 Å². The molecular weight excluding hydrogens is 182 g/mol. The first kappa shape index (κ1) is 15.1. The van der Waals surface area contributed by atoms with Gasteiger partial charge in [-0.1, -0.05) is 32.8 Å². The summed E-state index contributed by atoms with van der Waals surface area (Å²) in [6.07, 6.45) is 6.47.